The second kappa shape index (κ2) is 6.85. The molecule has 0 saturated heterocycles. The number of esters is 1. The number of carbonyl (C=O) groups is 2. The van der Waals surface area contributed by atoms with Crippen molar-refractivity contribution in [1.82, 2.24) is 0 Å². The summed E-state index contributed by atoms with van der Waals surface area (Å²) in [4.78, 5) is 23.6. The van der Waals surface area contributed by atoms with E-state index in [0.29, 0.717) is 5.56 Å². The maximum atomic E-state index is 13.4. The predicted octanol–water partition coefficient (Wildman–Crippen LogP) is 3.24. The normalized spacial score (nSPS) is 10.1. The number of nitrogens with one attached hydrogen (secondary N) is 1. The molecule has 0 radical (unpaired) electrons. The van der Waals surface area contributed by atoms with E-state index in [4.69, 9.17) is 4.74 Å². The Morgan fingerprint density at radius 1 is 1.09 bits per heavy atom. The van der Waals surface area contributed by atoms with Gasteiger partial charge in [0.05, 0.1) is 11.3 Å². The highest BCUT2D eigenvalue weighted by atomic mass is 19.1. The van der Waals surface area contributed by atoms with Gasteiger partial charge in [0.15, 0.2) is 6.61 Å². The van der Waals surface area contributed by atoms with Crippen molar-refractivity contribution in [3.05, 3.63) is 65.0 Å². The molecule has 0 atom stereocenters. The highest BCUT2D eigenvalue weighted by Gasteiger charge is 2.12. The molecule has 0 heterocycles. The Hall–Kier alpha value is -2.69. The summed E-state index contributed by atoms with van der Waals surface area (Å²) >= 11 is 0. The fraction of sp³-hybridized carbons (Fsp3) is 0.176. The van der Waals surface area contributed by atoms with Crippen LogP contribution in [0.4, 0.5) is 10.1 Å². The van der Waals surface area contributed by atoms with E-state index in [-0.39, 0.29) is 5.69 Å². The quantitative estimate of drug-likeness (QED) is 0.882. The Kier molecular flexibility index (Phi) is 4.88. The van der Waals surface area contributed by atoms with Gasteiger partial charge in [-0.1, -0.05) is 29.3 Å². The Labute approximate surface area is 127 Å². The summed E-state index contributed by atoms with van der Waals surface area (Å²) in [5, 5.41) is 2.35. The molecule has 0 aliphatic heterocycles. The van der Waals surface area contributed by atoms with Crippen molar-refractivity contribution in [2.45, 2.75) is 13.8 Å². The van der Waals surface area contributed by atoms with Crippen LogP contribution in [0.25, 0.3) is 0 Å². The van der Waals surface area contributed by atoms with Crippen LogP contribution in [0.3, 0.4) is 0 Å². The standard InChI is InChI=1S/C17H16FNO3/c1-11-7-12(2)9-13(8-11)17(21)22-10-16(20)19-15-6-4-3-5-14(15)18/h3-9H,10H2,1-2H3,(H,19,20). The van der Waals surface area contributed by atoms with Crippen LogP contribution in [0, 0.1) is 19.7 Å². The van der Waals surface area contributed by atoms with Gasteiger partial charge in [0, 0.05) is 0 Å². The van der Waals surface area contributed by atoms with E-state index in [1.54, 1.807) is 18.2 Å². The van der Waals surface area contributed by atoms with Crippen molar-refractivity contribution < 1.29 is 18.7 Å². The third kappa shape index (κ3) is 4.15. The lowest BCUT2D eigenvalue weighted by Gasteiger charge is -2.08. The lowest BCUT2D eigenvalue weighted by atomic mass is 10.1. The van der Waals surface area contributed by atoms with Gasteiger partial charge in [-0.25, -0.2) is 9.18 Å². The van der Waals surface area contributed by atoms with Crippen LogP contribution in [0.5, 0.6) is 0 Å². The molecule has 0 spiro atoms. The molecule has 0 fully saturated rings. The third-order valence-electron chi connectivity index (χ3n) is 2.94. The van der Waals surface area contributed by atoms with E-state index in [1.807, 2.05) is 19.9 Å². The van der Waals surface area contributed by atoms with Crippen LogP contribution >= 0.6 is 0 Å². The number of anilines is 1. The number of benzene rings is 2. The molecule has 2 aromatic rings. The van der Waals surface area contributed by atoms with Crippen molar-refractivity contribution in [3.8, 4) is 0 Å². The molecule has 114 valence electrons. The number of para-hydroxylation sites is 1. The number of rotatable bonds is 4. The minimum atomic E-state index is -0.595. The second-order valence-corrected chi connectivity index (χ2v) is 4.98. The van der Waals surface area contributed by atoms with Gasteiger partial charge in [-0.2, -0.15) is 0 Å². The molecule has 22 heavy (non-hydrogen) atoms. The number of hydrogen-bond acceptors (Lipinski definition) is 3. The van der Waals surface area contributed by atoms with Crippen LogP contribution in [0.15, 0.2) is 42.5 Å². The number of hydrogen-bond donors (Lipinski definition) is 1. The Morgan fingerprint density at radius 3 is 2.36 bits per heavy atom. The van der Waals surface area contributed by atoms with Crippen molar-refractivity contribution in [2.24, 2.45) is 0 Å². The van der Waals surface area contributed by atoms with Crippen molar-refractivity contribution in [3.63, 3.8) is 0 Å². The van der Waals surface area contributed by atoms with Gasteiger partial charge >= 0.3 is 5.97 Å². The lowest BCUT2D eigenvalue weighted by Crippen LogP contribution is -2.21. The molecule has 2 rings (SSSR count). The molecule has 1 amide bonds. The number of ether oxygens (including phenoxy) is 1. The van der Waals surface area contributed by atoms with Crippen LogP contribution < -0.4 is 5.32 Å². The molecule has 5 heteroatoms. The molecule has 4 nitrogen and oxygen atoms in total. The lowest BCUT2D eigenvalue weighted by molar-refractivity contribution is -0.119. The molecular weight excluding hydrogens is 285 g/mol. The van der Waals surface area contributed by atoms with Gasteiger partial charge in [-0.3, -0.25) is 4.79 Å². The Morgan fingerprint density at radius 2 is 1.73 bits per heavy atom. The first-order chi connectivity index (χ1) is 10.5. The van der Waals surface area contributed by atoms with Gasteiger partial charge < -0.3 is 10.1 Å². The zero-order valence-electron chi connectivity index (χ0n) is 12.4. The van der Waals surface area contributed by atoms with Gasteiger partial charge in [0.2, 0.25) is 0 Å². The Balaban J connectivity index is 1.93. The number of amides is 1. The molecule has 2 aromatic carbocycles. The first-order valence-electron chi connectivity index (χ1n) is 6.75. The molecule has 0 aliphatic rings. The van der Waals surface area contributed by atoms with Gasteiger partial charge in [0.1, 0.15) is 5.82 Å². The van der Waals surface area contributed by atoms with Crippen molar-refractivity contribution >= 4 is 17.6 Å². The maximum absolute atomic E-state index is 13.4. The number of halogens is 1. The van der Waals surface area contributed by atoms with E-state index in [9.17, 15) is 14.0 Å². The van der Waals surface area contributed by atoms with Crippen LogP contribution in [0.1, 0.15) is 21.5 Å². The highest BCUT2D eigenvalue weighted by molar-refractivity contribution is 5.95. The summed E-state index contributed by atoms with van der Waals surface area (Å²) in [5.41, 5.74) is 2.30. The smallest absolute Gasteiger partial charge is 0.338 e. The molecule has 0 aromatic heterocycles. The van der Waals surface area contributed by atoms with Crippen LogP contribution in [-0.4, -0.2) is 18.5 Å². The largest absolute Gasteiger partial charge is 0.452 e. The minimum absolute atomic E-state index is 0.0509. The average molecular weight is 301 g/mol. The van der Waals surface area contributed by atoms with Crippen LogP contribution in [-0.2, 0) is 9.53 Å². The summed E-state index contributed by atoms with van der Waals surface area (Å²) in [6, 6.07) is 11.1. The molecular formula is C17H16FNO3. The molecule has 0 saturated carbocycles. The molecule has 1 N–H and O–H groups in total. The zero-order valence-corrected chi connectivity index (χ0v) is 12.4. The fourth-order valence-electron chi connectivity index (χ4n) is 2.06. The number of carbonyl (C=O) groups excluding carboxylic acids is 2. The summed E-state index contributed by atoms with van der Waals surface area (Å²) in [6.45, 7) is 3.27. The van der Waals surface area contributed by atoms with E-state index in [0.717, 1.165) is 11.1 Å². The minimum Gasteiger partial charge on any atom is -0.452 e. The second-order valence-electron chi connectivity index (χ2n) is 4.98. The van der Waals surface area contributed by atoms with Gasteiger partial charge in [-0.05, 0) is 38.1 Å². The number of aryl methyl sites for hydroxylation is 2. The van der Waals surface area contributed by atoms with Crippen LogP contribution in [0.2, 0.25) is 0 Å². The van der Waals surface area contributed by atoms with Gasteiger partial charge in [0.25, 0.3) is 5.91 Å². The monoisotopic (exact) mass is 301 g/mol. The molecule has 0 bridgehead atoms. The SMILES string of the molecule is Cc1cc(C)cc(C(=O)OCC(=O)Nc2ccccc2F)c1. The third-order valence-corrected chi connectivity index (χ3v) is 2.94. The van der Waals surface area contributed by atoms with E-state index in [2.05, 4.69) is 5.32 Å². The molecule has 0 unspecified atom stereocenters. The summed E-state index contributed by atoms with van der Waals surface area (Å²) < 4.78 is 18.3. The average Bonchev–Trinajstić information content (AvgIpc) is 2.46. The van der Waals surface area contributed by atoms with E-state index < -0.39 is 24.3 Å². The first-order valence-corrected chi connectivity index (χ1v) is 6.75. The summed E-state index contributed by atoms with van der Waals surface area (Å²) in [7, 11) is 0. The summed E-state index contributed by atoms with van der Waals surface area (Å²) in [5.74, 6) is -1.73. The predicted molar refractivity (Wildman–Crippen MR) is 81.2 cm³/mol. The van der Waals surface area contributed by atoms with Gasteiger partial charge in [-0.15, -0.1) is 0 Å². The summed E-state index contributed by atoms with van der Waals surface area (Å²) in [6.07, 6.45) is 0. The first kappa shape index (κ1) is 15.7. The molecule has 0 aliphatic carbocycles. The highest BCUT2D eigenvalue weighted by Crippen LogP contribution is 2.13. The van der Waals surface area contributed by atoms with E-state index in [1.165, 1.54) is 18.2 Å². The topological polar surface area (TPSA) is 55.4 Å². The fourth-order valence-corrected chi connectivity index (χ4v) is 2.06. The van der Waals surface area contributed by atoms with Crippen molar-refractivity contribution in [2.75, 3.05) is 11.9 Å². The zero-order chi connectivity index (χ0) is 16.1. The Bertz CT molecular complexity index is 693. The van der Waals surface area contributed by atoms with E-state index >= 15 is 0 Å². The maximum Gasteiger partial charge on any atom is 0.338 e. The van der Waals surface area contributed by atoms with Crippen molar-refractivity contribution in [1.29, 1.82) is 0 Å².